The van der Waals surface area contributed by atoms with E-state index in [2.05, 4.69) is 67.0 Å². The van der Waals surface area contributed by atoms with Crippen molar-refractivity contribution < 1.29 is 4.74 Å². The summed E-state index contributed by atoms with van der Waals surface area (Å²) in [5.74, 6) is 1.82. The number of halogens is 1. The molecule has 0 aromatic heterocycles. The van der Waals surface area contributed by atoms with Crippen LogP contribution < -0.4 is 4.74 Å². The molecule has 0 saturated carbocycles. The second kappa shape index (κ2) is 6.89. The number of hydrogen-bond donors (Lipinski definition) is 0. The van der Waals surface area contributed by atoms with E-state index in [1.165, 1.54) is 16.0 Å². The van der Waals surface area contributed by atoms with Gasteiger partial charge in [0.05, 0.1) is 7.11 Å². The van der Waals surface area contributed by atoms with Crippen molar-refractivity contribution in [2.24, 2.45) is 0 Å². The van der Waals surface area contributed by atoms with Crippen molar-refractivity contribution in [3.05, 3.63) is 58.1 Å². The van der Waals surface area contributed by atoms with Gasteiger partial charge in [-0.3, -0.25) is 0 Å². The van der Waals surface area contributed by atoms with E-state index in [-0.39, 0.29) is 5.41 Å². The molecule has 0 aliphatic rings. The van der Waals surface area contributed by atoms with Gasteiger partial charge in [0.25, 0.3) is 0 Å². The lowest BCUT2D eigenvalue weighted by Crippen LogP contribution is -2.10. The van der Waals surface area contributed by atoms with Crippen LogP contribution in [0, 0.1) is 0 Å². The smallest absolute Gasteiger partial charge is 0.119 e. The van der Waals surface area contributed by atoms with Gasteiger partial charge in [-0.2, -0.15) is 0 Å². The first kappa shape index (κ1) is 16.4. The molecule has 0 amide bonds. The lowest BCUT2D eigenvalue weighted by atomic mass is 9.87. The van der Waals surface area contributed by atoms with Crippen molar-refractivity contribution in [3.63, 3.8) is 0 Å². The summed E-state index contributed by atoms with van der Waals surface area (Å²) < 4.78 is 6.41. The normalized spacial score (nSPS) is 11.5. The molecule has 0 heterocycles. The minimum atomic E-state index is 0.207. The molecule has 1 nitrogen and oxygen atoms in total. The van der Waals surface area contributed by atoms with Gasteiger partial charge >= 0.3 is 0 Å². The predicted octanol–water partition coefficient (Wildman–Crippen LogP) is 6.05. The summed E-state index contributed by atoms with van der Waals surface area (Å²) in [5.41, 5.74) is 2.83. The fraction of sp³-hybridized carbons (Fsp3) is 0.333. The minimum Gasteiger partial charge on any atom is -0.497 e. The molecule has 0 radical (unpaired) electrons. The summed E-state index contributed by atoms with van der Waals surface area (Å²) in [5, 5.41) is 0. The first-order valence-electron chi connectivity index (χ1n) is 6.96. The first-order valence-corrected chi connectivity index (χ1v) is 8.74. The van der Waals surface area contributed by atoms with Crippen LogP contribution in [-0.4, -0.2) is 7.11 Å². The van der Waals surface area contributed by atoms with Crippen LogP contribution in [0.2, 0.25) is 0 Å². The molecule has 0 bridgehead atoms. The largest absolute Gasteiger partial charge is 0.497 e. The molecule has 0 spiro atoms. The van der Waals surface area contributed by atoms with E-state index in [9.17, 15) is 0 Å². The Balaban J connectivity index is 2.06. The summed E-state index contributed by atoms with van der Waals surface area (Å²) >= 11 is 5.44. The third kappa shape index (κ3) is 4.52. The van der Waals surface area contributed by atoms with E-state index < -0.39 is 0 Å². The lowest BCUT2D eigenvalue weighted by molar-refractivity contribution is 0.414. The predicted molar refractivity (Wildman–Crippen MR) is 95.4 cm³/mol. The van der Waals surface area contributed by atoms with E-state index in [0.29, 0.717) is 0 Å². The Labute approximate surface area is 140 Å². The Morgan fingerprint density at radius 3 is 2.29 bits per heavy atom. The van der Waals surface area contributed by atoms with Crippen LogP contribution in [0.1, 0.15) is 31.9 Å². The van der Waals surface area contributed by atoms with Crippen LogP contribution in [0.5, 0.6) is 5.75 Å². The number of thioether (sulfide) groups is 1. The highest BCUT2D eigenvalue weighted by molar-refractivity contribution is 9.10. The van der Waals surface area contributed by atoms with Crippen molar-refractivity contribution in [2.45, 2.75) is 36.8 Å². The Morgan fingerprint density at radius 2 is 1.71 bits per heavy atom. The average molecular weight is 365 g/mol. The Morgan fingerprint density at radius 1 is 1.05 bits per heavy atom. The molecule has 0 atom stereocenters. The maximum absolute atomic E-state index is 5.28. The zero-order valence-corrected chi connectivity index (χ0v) is 15.3. The molecular formula is C18H21BrOS. The van der Waals surface area contributed by atoms with Gasteiger partial charge in [0.1, 0.15) is 5.75 Å². The van der Waals surface area contributed by atoms with Gasteiger partial charge in [-0.15, -0.1) is 11.8 Å². The van der Waals surface area contributed by atoms with Gasteiger partial charge in [0, 0.05) is 15.1 Å². The highest BCUT2D eigenvalue weighted by Crippen LogP contribution is 2.31. The highest BCUT2D eigenvalue weighted by atomic mass is 79.9. The maximum atomic E-state index is 5.28. The van der Waals surface area contributed by atoms with E-state index in [0.717, 1.165) is 16.0 Å². The summed E-state index contributed by atoms with van der Waals surface area (Å²) in [6.45, 7) is 6.72. The first-order chi connectivity index (χ1) is 9.90. The molecule has 2 aromatic rings. The minimum absolute atomic E-state index is 0.207. The zero-order valence-electron chi connectivity index (χ0n) is 12.9. The molecule has 112 valence electrons. The van der Waals surface area contributed by atoms with Crippen LogP contribution in [0.4, 0.5) is 0 Å². The second-order valence-corrected chi connectivity index (χ2v) is 7.92. The fourth-order valence-electron chi connectivity index (χ4n) is 2.00. The molecule has 2 rings (SSSR count). The second-order valence-electron chi connectivity index (χ2n) is 6.02. The van der Waals surface area contributed by atoms with Crippen molar-refractivity contribution >= 4 is 27.7 Å². The number of methoxy groups -OCH3 is 1. The summed E-state index contributed by atoms with van der Waals surface area (Å²) in [6.07, 6.45) is 0. The van der Waals surface area contributed by atoms with Crippen LogP contribution >= 0.6 is 27.7 Å². The van der Waals surface area contributed by atoms with Gasteiger partial charge in [-0.05, 0) is 46.9 Å². The Bertz CT molecular complexity index is 600. The van der Waals surface area contributed by atoms with Gasteiger partial charge < -0.3 is 4.74 Å². The van der Waals surface area contributed by atoms with Crippen molar-refractivity contribution in [1.82, 2.24) is 0 Å². The molecule has 0 saturated heterocycles. The monoisotopic (exact) mass is 364 g/mol. The quantitative estimate of drug-likeness (QED) is 0.610. The maximum Gasteiger partial charge on any atom is 0.119 e. The van der Waals surface area contributed by atoms with Gasteiger partial charge in [0.15, 0.2) is 0 Å². The standard InChI is InChI=1S/C18H21BrOS/c1-18(2,3)14-5-8-16(9-6-14)21-12-13-11-15(20-4)7-10-17(13)19/h5-11H,12H2,1-4H3. The van der Waals surface area contributed by atoms with E-state index in [4.69, 9.17) is 4.74 Å². The topological polar surface area (TPSA) is 9.23 Å². The molecule has 0 aliphatic heterocycles. The zero-order chi connectivity index (χ0) is 15.5. The number of hydrogen-bond acceptors (Lipinski definition) is 2. The SMILES string of the molecule is COc1ccc(Br)c(CSc2ccc(C(C)(C)C)cc2)c1. The summed E-state index contributed by atoms with van der Waals surface area (Å²) in [4.78, 5) is 1.29. The third-order valence-corrected chi connectivity index (χ3v) is 5.20. The molecule has 21 heavy (non-hydrogen) atoms. The van der Waals surface area contributed by atoms with Crippen LogP contribution in [0.25, 0.3) is 0 Å². The van der Waals surface area contributed by atoms with E-state index in [1.807, 2.05) is 23.9 Å². The number of rotatable bonds is 4. The van der Waals surface area contributed by atoms with Crippen molar-refractivity contribution in [3.8, 4) is 5.75 Å². The van der Waals surface area contributed by atoms with Crippen LogP contribution in [-0.2, 0) is 11.2 Å². The molecular weight excluding hydrogens is 344 g/mol. The molecule has 0 fully saturated rings. The van der Waals surface area contributed by atoms with Crippen LogP contribution in [0.3, 0.4) is 0 Å². The summed E-state index contributed by atoms with van der Waals surface area (Å²) in [7, 11) is 1.70. The molecule has 0 aliphatic carbocycles. The molecule has 0 unspecified atom stereocenters. The van der Waals surface area contributed by atoms with E-state index in [1.54, 1.807) is 7.11 Å². The van der Waals surface area contributed by atoms with Crippen molar-refractivity contribution in [2.75, 3.05) is 7.11 Å². The van der Waals surface area contributed by atoms with E-state index >= 15 is 0 Å². The van der Waals surface area contributed by atoms with Gasteiger partial charge in [-0.1, -0.05) is 48.8 Å². The Hall–Kier alpha value is -0.930. The van der Waals surface area contributed by atoms with Crippen LogP contribution in [0.15, 0.2) is 51.8 Å². The summed E-state index contributed by atoms with van der Waals surface area (Å²) in [6, 6.07) is 15.0. The molecule has 2 aromatic carbocycles. The highest BCUT2D eigenvalue weighted by Gasteiger charge is 2.13. The number of benzene rings is 2. The molecule has 3 heteroatoms. The van der Waals surface area contributed by atoms with Crippen molar-refractivity contribution in [1.29, 1.82) is 0 Å². The average Bonchev–Trinajstić information content (AvgIpc) is 2.46. The van der Waals surface area contributed by atoms with Gasteiger partial charge in [-0.25, -0.2) is 0 Å². The lowest BCUT2D eigenvalue weighted by Gasteiger charge is -2.19. The Kier molecular flexibility index (Phi) is 5.39. The fourth-order valence-corrected chi connectivity index (χ4v) is 3.46. The molecule has 0 N–H and O–H groups in total. The number of ether oxygens (including phenoxy) is 1. The van der Waals surface area contributed by atoms with Gasteiger partial charge in [0.2, 0.25) is 0 Å². The third-order valence-electron chi connectivity index (χ3n) is 3.37.